The van der Waals surface area contributed by atoms with Gasteiger partial charge in [-0.25, -0.2) is 0 Å². The average molecular weight is 318 g/mol. The summed E-state index contributed by atoms with van der Waals surface area (Å²) in [7, 11) is 4.13. The molecule has 0 aliphatic carbocycles. The van der Waals surface area contributed by atoms with Gasteiger partial charge in [-0.3, -0.25) is 0 Å². The normalized spacial score (nSPS) is 11.6. The molecular formula is C20H31NS. The van der Waals surface area contributed by atoms with Gasteiger partial charge in [0.05, 0.1) is 0 Å². The summed E-state index contributed by atoms with van der Waals surface area (Å²) in [6.45, 7) is 4.54. The van der Waals surface area contributed by atoms with E-state index in [4.69, 9.17) is 0 Å². The molecule has 22 heavy (non-hydrogen) atoms. The van der Waals surface area contributed by atoms with Gasteiger partial charge in [-0.1, -0.05) is 38.8 Å². The van der Waals surface area contributed by atoms with Crippen molar-refractivity contribution < 1.29 is 0 Å². The van der Waals surface area contributed by atoms with Crippen molar-refractivity contribution in [3.8, 4) is 0 Å². The molecule has 1 nitrogen and oxygen atoms in total. The van der Waals surface area contributed by atoms with Crippen LogP contribution in [-0.2, 0) is 0 Å². The zero-order valence-corrected chi connectivity index (χ0v) is 15.5. The third-order valence-corrected chi connectivity index (χ3v) is 5.04. The molecule has 0 amide bonds. The van der Waals surface area contributed by atoms with Gasteiger partial charge in [-0.2, -0.15) is 11.8 Å². The summed E-state index contributed by atoms with van der Waals surface area (Å²) in [5.41, 5.74) is 5.80. The number of thioether (sulfide) groups is 1. The number of hydrogen-bond donors (Lipinski definition) is 0. The smallest absolute Gasteiger partial charge is 0.0361 e. The first-order valence-corrected chi connectivity index (χ1v) is 9.52. The van der Waals surface area contributed by atoms with Gasteiger partial charge in [0.1, 0.15) is 0 Å². The third-order valence-electron chi connectivity index (χ3n) is 3.62. The average Bonchev–Trinajstić information content (AvgIpc) is 2.52. The molecular weight excluding hydrogens is 286 g/mol. The van der Waals surface area contributed by atoms with Crippen LogP contribution in [0.1, 0.15) is 51.5 Å². The van der Waals surface area contributed by atoms with Crippen molar-refractivity contribution in [3.05, 3.63) is 41.6 Å². The van der Waals surface area contributed by atoms with E-state index in [9.17, 15) is 0 Å². The van der Waals surface area contributed by atoms with E-state index in [0.717, 1.165) is 11.7 Å². The molecule has 0 aromatic heterocycles. The van der Waals surface area contributed by atoms with Crippen molar-refractivity contribution in [2.24, 2.45) is 0 Å². The Hall–Kier alpha value is -1.11. The highest BCUT2D eigenvalue weighted by atomic mass is 32.2. The summed E-state index contributed by atoms with van der Waals surface area (Å²) in [5.74, 6) is 1.30. The van der Waals surface area contributed by atoms with Crippen molar-refractivity contribution in [2.45, 2.75) is 51.2 Å². The molecule has 0 saturated carbocycles. The molecule has 1 aromatic carbocycles. The highest BCUT2D eigenvalue weighted by Crippen LogP contribution is 2.21. The highest BCUT2D eigenvalue weighted by Gasteiger charge is 2.05. The number of rotatable bonds is 10. The van der Waals surface area contributed by atoms with Crippen LogP contribution in [0.15, 0.2) is 36.1 Å². The first-order chi connectivity index (χ1) is 10.7. The molecule has 0 fully saturated rings. The molecule has 1 unspecified atom stereocenters. The Morgan fingerprint density at radius 3 is 2.45 bits per heavy atom. The van der Waals surface area contributed by atoms with E-state index in [1.54, 1.807) is 0 Å². The lowest BCUT2D eigenvalue weighted by Crippen LogP contribution is -2.07. The Labute approximate surface area is 141 Å². The summed E-state index contributed by atoms with van der Waals surface area (Å²) in [6.07, 6.45) is 10.6. The van der Waals surface area contributed by atoms with Crippen LogP contribution in [0.5, 0.6) is 0 Å². The van der Waals surface area contributed by atoms with Crippen LogP contribution in [-0.4, -0.2) is 25.1 Å². The molecule has 2 heteroatoms. The summed E-state index contributed by atoms with van der Waals surface area (Å²) >= 11 is 2.13. The molecule has 1 rings (SSSR count). The molecule has 0 N–H and O–H groups in total. The Morgan fingerprint density at radius 2 is 1.86 bits per heavy atom. The molecule has 0 saturated heterocycles. The minimum Gasteiger partial charge on any atom is -0.378 e. The Balaban J connectivity index is 2.50. The summed E-state index contributed by atoms with van der Waals surface area (Å²) in [5, 5.41) is 0.758. The molecule has 1 aromatic rings. The molecule has 122 valence electrons. The second kappa shape index (κ2) is 11.5. The predicted octanol–water partition coefficient (Wildman–Crippen LogP) is 6.01. The van der Waals surface area contributed by atoms with Crippen LogP contribution in [0.2, 0.25) is 0 Å². The zero-order valence-electron chi connectivity index (χ0n) is 14.6. The van der Waals surface area contributed by atoms with Gasteiger partial charge in [0.2, 0.25) is 0 Å². The van der Waals surface area contributed by atoms with Crippen LogP contribution < -0.4 is 4.90 Å². The zero-order chi connectivity index (χ0) is 16.2. The topological polar surface area (TPSA) is 3.24 Å². The number of anilines is 1. The van der Waals surface area contributed by atoms with E-state index in [0.29, 0.717) is 0 Å². The lowest BCUT2D eigenvalue weighted by molar-refractivity contribution is 0.744. The summed E-state index contributed by atoms with van der Waals surface area (Å²) < 4.78 is 0. The number of nitrogens with zero attached hydrogens (tertiary/aromatic N) is 1. The molecule has 0 bridgehead atoms. The van der Waals surface area contributed by atoms with E-state index < -0.39 is 0 Å². The van der Waals surface area contributed by atoms with E-state index in [1.165, 1.54) is 42.7 Å². The number of unbranched alkanes of at least 4 members (excludes halogenated alkanes) is 1. The van der Waals surface area contributed by atoms with Crippen molar-refractivity contribution in [2.75, 3.05) is 24.7 Å². The van der Waals surface area contributed by atoms with Gasteiger partial charge >= 0.3 is 0 Å². The van der Waals surface area contributed by atoms with Crippen molar-refractivity contribution in [3.63, 3.8) is 0 Å². The number of benzene rings is 1. The predicted molar refractivity (Wildman–Crippen MR) is 104 cm³/mol. The van der Waals surface area contributed by atoms with E-state index in [-0.39, 0.29) is 0 Å². The van der Waals surface area contributed by atoms with E-state index >= 15 is 0 Å². The van der Waals surface area contributed by atoms with Gasteiger partial charge in [0.25, 0.3) is 0 Å². The fourth-order valence-corrected chi connectivity index (χ4v) is 3.63. The van der Waals surface area contributed by atoms with Crippen LogP contribution in [0.25, 0.3) is 6.08 Å². The Morgan fingerprint density at radius 1 is 1.14 bits per heavy atom. The van der Waals surface area contributed by atoms with Crippen molar-refractivity contribution in [1.29, 1.82) is 0 Å². The second-order valence-corrected chi connectivity index (χ2v) is 7.28. The van der Waals surface area contributed by atoms with Gasteiger partial charge in [-0.15, -0.1) is 5.73 Å². The summed E-state index contributed by atoms with van der Waals surface area (Å²) in [6, 6.07) is 8.59. The molecule has 0 aliphatic rings. The highest BCUT2D eigenvalue weighted by molar-refractivity contribution is 7.99. The fourth-order valence-electron chi connectivity index (χ4n) is 2.21. The van der Waals surface area contributed by atoms with Crippen LogP contribution in [0.3, 0.4) is 0 Å². The maximum atomic E-state index is 3.35. The first-order valence-electron chi connectivity index (χ1n) is 8.47. The van der Waals surface area contributed by atoms with Crippen molar-refractivity contribution in [1.82, 2.24) is 0 Å². The maximum absolute atomic E-state index is 3.35. The first kappa shape index (κ1) is 18.9. The Kier molecular flexibility index (Phi) is 9.86. The van der Waals surface area contributed by atoms with Gasteiger partial charge in [0, 0.05) is 25.0 Å². The molecule has 1 atom stereocenters. The standard InChI is InChI=1S/C20H31NS/c1-5-7-17-22-20(10-6-2)12-9-8-11-18-13-15-19(16-14-18)21(3)4/h9,11,13-16,20H,5-7,10,12,17H2,1-4H3. The molecule has 0 heterocycles. The monoisotopic (exact) mass is 317 g/mol. The SMILES string of the molecule is CCCCSC(CC=C=Cc1ccc(N(C)C)cc1)CCC. The molecule has 0 aliphatic heterocycles. The minimum atomic E-state index is 0.758. The van der Waals surface area contributed by atoms with Crippen molar-refractivity contribution >= 4 is 23.5 Å². The maximum Gasteiger partial charge on any atom is 0.0361 e. The van der Waals surface area contributed by atoms with Crippen LogP contribution in [0.4, 0.5) is 5.69 Å². The quantitative estimate of drug-likeness (QED) is 0.384. The largest absolute Gasteiger partial charge is 0.378 e. The third kappa shape index (κ3) is 7.77. The second-order valence-electron chi connectivity index (χ2n) is 5.87. The van der Waals surface area contributed by atoms with Gasteiger partial charge in [-0.05, 0) is 54.9 Å². The van der Waals surface area contributed by atoms with Crippen LogP contribution >= 0.6 is 11.8 Å². The van der Waals surface area contributed by atoms with Crippen LogP contribution in [0, 0.1) is 0 Å². The molecule has 0 radical (unpaired) electrons. The fraction of sp³-hybridized carbons (Fsp3) is 0.550. The summed E-state index contributed by atoms with van der Waals surface area (Å²) in [4.78, 5) is 2.12. The minimum absolute atomic E-state index is 0.758. The molecule has 0 spiro atoms. The number of allylic oxidation sites excluding steroid dienone is 1. The van der Waals surface area contributed by atoms with Gasteiger partial charge < -0.3 is 4.90 Å². The van der Waals surface area contributed by atoms with E-state index in [2.05, 4.69) is 86.8 Å². The lowest BCUT2D eigenvalue weighted by atomic mass is 10.1. The lowest BCUT2D eigenvalue weighted by Gasteiger charge is -2.12. The van der Waals surface area contributed by atoms with Gasteiger partial charge in [0.15, 0.2) is 0 Å². The Bertz CT molecular complexity index is 455. The van der Waals surface area contributed by atoms with E-state index in [1.807, 2.05) is 0 Å². The number of hydrogen-bond acceptors (Lipinski definition) is 2.